The van der Waals surface area contributed by atoms with Crippen LogP contribution < -0.4 is 14.8 Å². The molecule has 2 aromatic rings. The lowest BCUT2D eigenvalue weighted by molar-refractivity contribution is -0.137. The molecule has 0 spiro atoms. The van der Waals surface area contributed by atoms with Gasteiger partial charge in [0.25, 0.3) is 17.7 Å². The van der Waals surface area contributed by atoms with Gasteiger partial charge in [-0.15, -0.1) is 0 Å². The monoisotopic (exact) mass is 395 g/mol. The van der Waals surface area contributed by atoms with Crippen LogP contribution in [0.1, 0.15) is 41.6 Å². The van der Waals surface area contributed by atoms with E-state index in [-0.39, 0.29) is 23.6 Å². The Morgan fingerprint density at radius 3 is 2.21 bits per heavy atom. The molecule has 0 unspecified atom stereocenters. The van der Waals surface area contributed by atoms with Crippen LogP contribution in [0.25, 0.3) is 0 Å². The second-order valence-corrected chi connectivity index (χ2v) is 6.51. The smallest absolute Gasteiger partial charge is 0.416 e. The third kappa shape index (κ3) is 4.90. The summed E-state index contributed by atoms with van der Waals surface area (Å²) < 4.78 is 48.8. The minimum Gasteiger partial charge on any atom is -0.477 e. The van der Waals surface area contributed by atoms with E-state index in [0.29, 0.717) is 37.4 Å². The molecule has 0 radical (unpaired) electrons. The van der Waals surface area contributed by atoms with E-state index in [1.54, 1.807) is 0 Å². The number of halogens is 3. The molecule has 0 saturated heterocycles. The van der Waals surface area contributed by atoms with E-state index >= 15 is 0 Å². The van der Waals surface area contributed by atoms with Gasteiger partial charge >= 0.3 is 6.18 Å². The number of nitrogens with zero attached hydrogens (tertiary/aromatic N) is 2. The first-order valence-corrected chi connectivity index (χ1v) is 8.86. The van der Waals surface area contributed by atoms with Gasteiger partial charge in [-0.3, -0.25) is 4.79 Å². The minimum absolute atomic E-state index is 0.0570. The molecule has 1 heterocycles. The number of amides is 1. The quantitative estimate of drug-likeness (QED) is 0.837. The lowest BCUT2D eigenvalue weighted by atomic mass is 9.92. The van der Waals surface area contributed by atoms with Crippen LogP contribution in [0.3, 0.4) is 0 Å². The number of alkyl halides is 3. The molecule has 1 amide bonds. The minimum atomic E-state index is -4.42. The molecule has 1 aliphatic carbocycles. The van der Waals surface area contributed by atoms with Crippen molar-refractivity contribution in [1.29, 1.82) is 0 Å². The highest BCUT2D eigenvalue weighted by Crippen LogP contribution is 2.29. The van der Waals surface area contributed by atoms with Crippen LogP contribution in [0.4, 0.5) is 13.2 Å². The van der Waals surface area contributed by atoms with E-state index in [1.807, 2.05) is 0 Å². The number of carbonyl (C=O) groups is 1. The second-order valence-electron chi connectivity index (χ2n) is 6.51. The van der Waals surface area contributed by atoms with Gasteiger partial charge in [0.15, 0.2) is 0 Å². The van der Waals surface area contributed by atoms with Gasteiger partial charge in [0.05, 0.1) is 12.7 Å². The number of benzene rings is 1. The van der Waals surface area contributed by atoms with Crippen LogP contribution in [0.15, 0.2) is 36.7 Å². The molecular formula is C19H20F3N3O3. The van der Waals surface area contributed by atoms with Crippen molar-refractivity contribution in [2.75, 3.05) is 7.11 Å². The third-order valence-corrected chi connectivity index (χ3v) is 4.59. The van der Waals surface area contributed by atoms with E-state index in [0.717, 1.165) is 12.1 Å². The molecule has 9 heteroatoms. The van der Waals surface area contributed by atoms with Gasteiger partial charge in [-0.2, -0.15) is 13.2 Å². The predicted octanol–water partition coefficient (Wildman–Crippen LogP) is 3.62. The summed E-state index contributed by atoms with van der Waals surface area (Å²) in [4.78, 5) is 20.4. The second kappa shape index (κ2) is 8.45. The Morgan fingerprint density at radius 2 is 1.64 bits per heavy atom. The van der Waals surface area contributed by atoms with E-state index in [1.165, 1.54) is 31.6 Å². The zero-order valence-corrected chi connectivity index (χ0v) is 15.2. The van der Waals surface area contributed by atoms with Gasteiger partial charge in [-0.25, -0.2) is 9.97 Å². The Labute approximate surface area is 160 Å². The molecule has 1 aromatic carbocycles. The maximum atomic E-state index is 12.6. The highest BCUT2D eigenvalue weighted by Gasteiger charge is 2.30. The molecule has 1 aromatic heterocycles. The largest absolute Gasteiger partial charge is 0.477 e. The Hall–Kier alpha value is -2.84. The Morgan fingerprint density at radius 1 is 1.04 bits per heavy atom. The maximum absolute atomic E-state index is 12.6. The number of hydrogen-bond acceptors (Lipinski definition) is 5. The lowest BCUT2D eigenvalue weighted by Gasteiger charge is -2.29. The summed E-state index contributed by atoms with van der Waals surface area (Å²) in [5.41, 5.74) is -0.572. The number of aromatic nitrogens is 2. The molecular weight excluding hydrogens is 375 g/mol. The molecule has 1 N–H and O–H groups in total. The lowest BCUT2D eigenvalue weighted by Crippen LogP contribution is -2.39. The summed E-state index contributed by atoms with van der Waals surface area (Å²) in [6, 6.07) is 4.14. The number of methoxy groups -OCH3 is 1. The molecule has 1 saturated carbocycles. The van der Waals surface area contributed by atoms with Crippen LogP contribution >= 0.6 is 0 Å². The standard InChI is InChI=1S/C19H20F3N3O3/c1-27-17-18(24-11-10-23-17)28-15-8-6-14(7-9-15)25-16(26)12-2-4-13(5-3-12)19(20,21)22/h2-5,10-11,14-15H,6-9H2,1H3,(H,25,26). The van der Waals surface area contributed by atoms with E-state index in [4.69, 9.17) is 9.47 Å². The average Bonchev–Trinajstić information content (AvgIpc) is 2.69. The number of rotatable bonds is 5. The first-order valence-electron chi connectivity index (χ1n) is 8.86. The highest BCUT2D eigenvalue weighted by atomic mass is 19.4. The number of carbonyl (C=O) groups excluding carboxylic acids is 1. The summed E-state index contributed by atoms with van der Waals surface area (Å²) in [5, 5.41) is 2.87. The molecule has 150 valence electrons. The van der Waals surface area contributed by atoms with Crippen LogP contribution in [-0.2, 0) is 6.18 Å². The Balaban J connectivity index is 1.50. The van der Waals surface area contributed by atoms with Crippen molar-refractivity contribution in [1.82, 2.24) is 15.3 Å². The molecule has 0 bridgehead atoms. The molecule has 28 heavy (non-hydrogen) atoms. The first-order chi connectivity index (χ1) is 13.4. The molecule has 6 nitrogen and oxygen atoms in total. The topological polar surface area (TPSA) is 73.3 Å². The summed E-state index contributed by atoms with van der Waals surface area (Å²) >= 11 is 0. The number of ether oxygens (including phenoxy) is 2. The molecule has 3 rings (SSSR count). The number of nitrogens with one attached hydrogen (secondary N) is 1. The van der Waals surface area contributed by atoms with E-state index in [9.17, 15) is 18.0 Å². The highest BCUT2D eigenvalue weighted by molar-refractivity contribution is 5.94. The summed E-state index contributed by atoms with van der Waals surface area (Å²) in [7, 11) is 1.49. The van der Waals surface area contributed by atoms with E-state index in [2.05, 4.69) is 15.3 Å². The van der Waals surface area contributed by atoms with Crippen molar-refractivity contribution in [3.63, 3.8) is 0 Å². The van der Waals surface area contributed by atoms with Crippen LogP contribution in [-0.4, -0.2) is 35.1 Å². The Kier molecular flexibility index (Phi) is 6.01. The number of hydrogen-bond donors (Lipinski definition) is 1. The fraction of sp³-hybridized carbons (Fsp3) is 0.421. The fourth-order valence-corrected chi connectivity index (χ4v) is 3.10. The SMILES string of the molecule is COc1nccnc1OC1CCC(NC(=O)c2ccc(C(F)(F)F)cc2)CC1. The zero-order valence-electron chi connectivity index (χ0n) is 15.2. The molecule has 0 atom stereocenters. The van der Waals surface area contributed by atoms with E-state index < -0.39 is 11.7 Å². The fourth-order valence-electron chi connectivity index (χ4n) is 3.10. The van der Waals surface area contributed by atoms with Gasteiger partial charge < -0.3 is 14.8 Å². The third-order valence-electron chi connectivity index (χ3n) is 4.59. The van der Waals surface area contributed by atoms with Gasteiger partial charge in [0.2, 0.25) is 0 Å². The van der Waals surface area contributed by atoms with Crippen molar-refractivity contribution < 1.29 is 27.4 Å². The van der Waals surface area contributed by atoms with Gasteiger partial charge in [-0.05, 0) is 49.9 Å². The predicted molar refractivity (Wildman–Crippen MR) is 94.2 cm³/mol. The Bertz CT molecular complexity index is 804. The van der Waals surface area contributed by atoms with Crippen molar-refractivity contribution in [2.24, 2.45) is 0 Å². The maximum Gasteiger partial charge on any atom is 0.416 e. The summed E-state index contributed by atoms with van der Waals surface area (Å²) in [6.07, 6.45) is 1.35. The van der Waals surface area contributed by atoms with Crippen molar-refractivity contribution in [3.05, 3.63) is 47.8 Å². The van der Waals surface area contributed by atoms with Crippen molar-refractivity contribution in [3.8, 4) is 11.8 Å². The van der Waals surface area contributed by atoms with Crippen molar-refractivity contribution >= 4 is 5.91 Å². The van der Waals surface area contributed by atoms with Crippen LogP contribution in [0.2, 0.25) is 0 Å². The van der Waals surface area contributed by atoms with Gasteiger partial charge in [0, 0.05) is 24.0 Å². The molecule has 1 fully saturated rings. The van der Waals surface area contributed by atoms with Gasteiger partial charge in [0.1, 0.15) is 6.10 Å². The zero-order chi connectivity index (χ0) is 20.1. The van der Waals surface area contributed by atoms with Gasteiger partial charge in [-0.1, -0.05) is 0 Å². The summed E-state index contributed by atoms with van der Waals surface area (Å²) in [5.74, 6) is 0.274. The van der Waals surface area contributed by atoms with Crippen LogP contribution in [0.5, 0.6) is 11.8 Å². The molecule has 0 aliphatic heterocycles. The summed E-state index contributed by atoms with van der Waals surface area (Å²) in [6.45, 7) is 0. The van der Waals surface area contributed by atoms with Crippen LogP contribution in [0, 0.1) is 0 Å². The normalized spacial score (nSPS) is 19.7. The molecule has 1 aliphatic rings. The first kappa shape index (κ1) is 19.9. The average molecular weight is 395 g/mol. The van der Waals surface area contributed by atoms with Crippen molar-refractivity contribution in [2.45, 2.75) is 44.0 Å².